The first-order chi connectivity index (χ1) is 5.12. The summed E-state index contributed by atoms with van der Waals surface area (Å²) in [5.74, 6) is 0. The number of hydrogen-bond acceptors (Lipinski definition) is 2. The normalized spacial score (nSPS) is 12.0. The summed E-state index contributed by atoms with van der Waals surface area (Å²) in [7, 11) is 1.68. The maximum Gasteiger partial charge on any atom is 0.0906 e. The third kappa shape index (κ3) is 6.26. The molecule has 3 heteroatoms. The molecule has 0 aromatic heterocycles. The van der Waals surface area contributed by atoms with Crippen LogP contribution < -0.4 is 5.32 Å². The van der Waals surface area contributed by atoms with Crippen molar-refractivity contribution in [3.05, 3.63) is 0 Å². The van der Waals surface area contributed by atoms with E-state index in [-0.39, 0.29) is 12.3 Å². The van der Waals surface area contributed by atoms with Gasteiger partial charge < -0.3 is 10.1 Å². The Hall–Kier alpha value is -0.150. The summed E-state index contributed by atoms with van der Waals surface area (Å²) in [4.78, 5) is 0. The van der Waals surface area contributed by atoms with Gasteiger partial charge in [-0.25, -0.2) is 0 Å². The van der Waals surface area contributed by atoms with Crippen molar-refractivity contribution in [2.24, 2.45) is 0 Å². The molecule has 2 nitrogen and oxygen atoms in total. The van der Waals surface area contributed by atoms with Gasteiger partial charge in [-0.1, -0.05) is 0 Å². The van der Waals surface area contributed by atoms with E-state index in [9.17, 15) is 4.39 Å². The lowest BCUT2D eigenvalue weighted by Crippen LogP contribution is -2.37. The highest BCUT2D eigenvalue weighted by atomic mass is 19.1. The first-order valence-electron chi connectivity index (χ1n) is 3.94. The zero-order valence-electron chi connectivity index (χ0n) is 7.61. The Balaban J connectivity index is 3.23. The van der Waals surface area contributed by atoms with Crippen LogP contribution in [0, 0.1) is 0 Å². The van der Waals surface area contributed by atoms with Crippen molar-refractivity contribution in [1.82, 2.24) is 5.32 Å². The molecule has 0 unspecified atom stereocenters. The van der Waals surface area contributed by atoms with Crippen LogP contribution >= 0.6 is 0 Å². The molecule has 0 amide bonds. The molecule has 11 heavy (non-hydrogen) atoms. The minimum atomic E-state index is -0.250. The number of rotatable bonds is 6. The smallest absolute Gasteiger partial charge is 0.0906 e. The highest BCUT2D eigenvalue weighted by Gasteiger charge is 2.14. The number of alkyl halides is 1. The second-order valence-corrected chi connectivity index (χ2v) is 3.18. The van der Waals surface area contributed by atoms with E-state index in [2.05, 4.69) is 5.32 Å². The maximum atomic E-state index is 11.6. The molecule has 68 valence electrons. The van der Waals surface area contributed by atoms with Crippen LogP contribution in [0.25, 0.3) is 0 Å². The topological polar surface area (TPSA) is 21.3 Å². The molecule has 0 aliphatic heterocycles. The second kappa shape index (κ2) is 5.49. The fourth-order valence-electron chi connectivity index (χ4n) is 0.653. The largest absolute Gasteiger partial charge is 0.377 e. The molecule has 0 bridgehead atoms. The fraction of sp³-hybridized carbons (Fsp3) is 1.00. The van der Waals surface area contributed by atoms with Gasteiger partial charge in [-0.2, -0.15) is 0 Å². The van der Waals surface area contributed by atoms with Crippen molar-refractivity contribution in [3.8, 4) is 0 Å². The van der Waals surface area contributed by atoms with Crippen LogP contribution in [0.3, 0.4) is 0 Å². The summed E-state index contributed by atoms with van der Waals surface area (Å²) < 4.78 is 16.8. The molecule has 0 aromatic rings. The molecule has 1 N–H and O–H groups in total. The summed E-state index contributed by atoms with van der Waals surface area (Å²) in [6, 6.07) is 0. The molecule has 0 spiro atoms. The second-order valence-electron chi connectivity index (χ2n) is 3.18. The predicted molar refractivity (Wildman–Crippen MR) is 44.5 cm³/mol. The van der Waals surface area contributed by atoms with E-state index in [1.165, 1.54) is 0 Å². The monoisotopic (exact) mass is 163 g/mol. The van der Waals surface area contributed by atoms with Gasteiger partial charge in [0.05, 0.1) is 12.3 Å². The molecule has 0 aromatic carbocycles. The lowest BCUT2D eigenvalue weighted by Gasteiger charge is -2.22. The quantitative estimate of drug-likeness (QED) is 0.597. The van der Waals surface area contributed by atoms with Gasteiger partial charge in [0.1, 0.15) is 0 Å². The Kier molecular flexibility index (Phi) is 5.42. The average Bonchev–Trinajstić information content (AvgIpc) is 1.99. The number of nitrogens with one attached hydrogen (secondary N) is 1. The van der Waals surface area contributed by atoms with Gasteiger partial charge in [0.25, 0.3) is 0 Å². The minimum Gasteiger partial charge on any atom is -0.377 e. The van der Waals surface area contributed by atoms with Gasteiger partial charge >= 0.3 is 0 Å². The SMILES string of the molecule is COC(C)(C)CNCCCF. The van der Waals surface area contributed by atoms with Crippen LogP contribution in [-0.4, -0.2) is 32.5 Å². The van der Waals surface area contributed by atoms with Crippen LogP contribution in [0.1, 0.15) is 20.3 Å². The molecule has 0 rings (SSSR count). The number of methoxy groups -OCH3 is 1. The van der Waals surface area contributed by atoms with Gasteiger partial charge in [-0.05, 0) is 26.8 Å². The molecule has 0 aliphatic rings. The van der Waals surface area contributed by atoms with Gasteiger partial charge in [-0.15, -0.1) is 0 Å². The van der Waals surface area contributed by atoms with Crippen LogP contribution in [0.2, 0.25) is 0 Å². The molecule has 0 saturated carbocycles. The van der Waals surface area contributed by atoms with Crippen molar-refractivity contribution in [1.29, 1.82) is 0 Å². The Labute approximate surface area is 68.1 Å². The number of halogens is 1. The van der Waals surface area contributed by atoms with Gasteiger partial charge in [0.2, 0.25) is 0 Å². The van der Waals surface area contributed by atoms with Crippen molar-refractivity contribution < 1.29 is 9.13 Å². The molecule has 0 heterocycles. The highest BCUT2D eigenvalue weighted by molar-refractivity contribution is 4.70. The van der Waals surface area contributed by atoms with Crippen LogP contribution in [-0.2, 0) is 4.74 Å². The molecular formula is C8H18FNO. The third-order valence-corrected chi connectivity index (χ3v) is 1.59. The maximum absolute atomic E-state index is 11.6. The summed E-state index contributed by atoms with van der Waals surface area (Å²) in [6.07, 6.45) is 0.583. The molecule has 0 radical (unpaired) electrons. The summed E-state index contributed by atoms with van der Waals surface area (Å²) >= 11 is 0. The zero-order chi connectivity index (χ0) is 8.74. The first kappa shape index (κ1) is 10.8. The first-order valence-corrected chi connectivity index (χ1v) is 3.94. The Morgan fingerprint density at radius 3 is 2.55 bits per heavy atom. The van der Waals surface area contributed by atoms with Crippen molar-refractivity contribution in [3.63, 3.8) is 0 Å². The molecule has 0 fully saturated rings. The summed E-state index contributed by atoms with van der Waals surface area (Å²) in [5.41, 5.74) is -0.143. The van der Waals surface area contributed by atoms with Crippen LogP contribution in [0.15, 0.2) is 0 Å². The van der Waals surface area contributed by atoms with E-state index in [0.29, 0.717) is 6.42 Å². The molecular weight excluding hydrogens is 145 g/mol. The van der Waals surface area contributed by atoms with Gasteiger partial charge in [0.15, 0.2) is 0 Å². The summed E-state index contributed by atoms with van der Waals surface area (Å²) in [5, 5.41) is 3.11. The lowest BCUT2D eigenvalue weighted by atomic mass is 10.1. The van der Waals surface area contributed by atoms with E-state index in [1.807, 2.05) is 13.8 Å². The molecule has 0 atom stereocenters. The average molecular weight is 163 g/mol. The standard InChI is InChI=1S/C8H18FNO/c1-8(2,11-3)7-10-6-4-5-9/h10H,4-7H2,1-3H3. The van der Waals surface area contributed by atoms with E-state index < -0.39 is 0 Å². The Morgan fingerprint density at radius 2 is 2.09 bits per heavy atom. The number of ether oxygens (including phenoxy) is 1. The third-order valence-electron chi connectivity index (χ3n) is 1.59. The van der Waals surface area contributed by atoms with Gasteiger partial charge in [-0.3, -0.25) is 4.39 Å². The lowest BCUT2D eigenvalue weighted by molar-refractivity contribution is 0.0233. The molecule has 0 saturated heterocycles. The van der Waals surface area contributed by atoms with Crippen LogP contribution in [0.5, 0.6) is 0 Å². The number of hydrogen-bond donors (Lipinski definition) is 1. The van der Waals surface area contributed by atoms with E-state index >= 15 is 0 Å². The fourth-order valence-corrected chi connectivity index (χ4v) is 0.653. The van der Waals surface area contributed by atoms with Crippen molar-refractivity contribution >= 4 is 0 Å². The van der Waals surface area contributed by atoms with E-state index in [4.69, 9.17) is 4.74 Å². The highest BCUT2D eigenvalue weighted by Crippen LogP contribution is 2.04. The zero-order valence-corrected chi connectivity index (χ0v) is 7.61. The Morgan fingerprint density at radius 1 is 1.45 bits per heavy atom. The van der Waals surface area contributed by atoms with Gasteiger partial charge in [0, 0.05) is 13.7 Å². The Bertz CT molecular complexity index is 96.1. The van der Waals surface area contributed by atoms with E-state index in [1.54, 1.807) is 7.11 Å². The summed E-state index contributed by atoms with van der Waals surface area (Å²) in [6.45, 7) is 5.23. The predicted octanol–water partition coefficient (Wildman–Crippen LogP) is 1.36. The minimum absolute atomic E-state index is 0.143. The van der Waals surface area contributed by atoms with E-state index in [0.717, 1.165) is 13.1 Å². The van der Waals surface area contributed by atoms with Crippen molar-refractivity contribution in [2.75, 3.05) is 26.9 Å². The van der Waals surface area contributed by atoms with Crippen LogP contribution in [0.4, 0.5) is 4.39 Å². The molecule has 0 aliphatic carbocycles. The van der Waals surface area contributed by atoms with Crippen molar-refractivity contribution in [2.45, 2.75) is 25.9 Å².